The quantitative estimate of drug-likeness (QED) is 0.873. The molecule has 0 radical (unpaired) electrons. The number of halogens is 3. The predicted molar refractivity (Wildman–Crippen MR) is 82.1 cm³/mol. The van der Waals surface area contributed by atoms with Crippen LogP contribution in [-0.4, -0.2) is 42.4 Å². The molecule has 24 heavy (non-hydrogen) atoms. The number of likely N-dealkylation sites (tertiary alicyclic amines) is 1. The highest BCUT2D eigenvalue weighted by molar-refractivity contribution is 5.97. The van der Waals surface area contributed by atoms with Gasteiger partial charge >= 0.3 is 6.18 Å². The number of amides is 2. The molecule has 0 aliphatic carbocycles. The summed E-state index contributed by atoms with van der Waals surface area (Å²) in [6, 6.07) is 4.49. The van der Waals surface area contributed by atoms with Crippen LogP contribution in [0.4, 0.5) is 13.2 Å². The maximum absolute atomic E-state index is 12.9. The first kappa shape index (κ1) is 18.3. The average molecular weight is 343 g/mol. The van der Waals surface area contributed by atoms with E-state index in [1.807, 2.05) is 6.92 Å². The number of nitrogens with zero attached hydrogens (tertiary/aromatic N) is 1. The summed E-state index contributed by atoms with van der Waals surface area (Å²) >= 11 is 0. The molecule has 2 unspecified atom stereocenters. The molecule has 1 aliphatic rings. The van der Waals surface area contributed by atoms with E-state index in [1.54, 1.807) is 4.90 Å². The average Bonchev–Trinajstić information content (AvgIpc) is 2.92. The fraction of sp³-hybridized carbons (Fsp3) is 0.500. The molecule has 0 saturated carbocycles. The number of hydrogen-bond donors (Lipinski definition) is 2. The summed E-state index contributed by atoms with van der Waals surface area (Å²) < 4.78 is 38.8. The van der Waals surface area contributed by atoms with E-state index in [2.05, 4.69) is 5.32 Å². The van der Waals surface area contributed by atoms with E-state index in [0.29, 0.717) is 13.1 Å². The zero-order valence-electron chi connectivity index (χ0n) is 13.3. The fourth-order valence-corrected chi connectivity index (χ4v) is 2.94. The highest BCUT2D eigenvalue weighted by Gasteiger charge is 2.35. The second-order valence-electron chi connectivity index (χ2n) is 5.96. The van der Waals surface area contributed by atoms with Crippen LogP contribution in [0.1, 0.15) is 29.3 Å². The van der Waals surface area contributed by atoms with Crippen LogP contribution in [0.3, 0.4) is 0 Å². The van der Waals surface area contributed by atoms with Gasteiger partial charge in [-0.25, -0.2) is 0 Å². The van der Waals surface area contributed by atoms with Crippen molar-refractivity contribution in [3.8, 4) is 0 Å². The maximum Gasteiger partial charge on any atom is 0.417 e. The summed E-state index contributed by atoms with van der Waals surface area (Å²) in [6.45, 7) is 2.52. The lowest BCUT2D eigenvalue weighted by Gasteiger charge is -2.22. The molecular formula is C16H20F3N3O2. The van der Waals surface area contributed by atoms with Crippen molar-refractivity contribution in [1.82, 2.24) is 10.2 Å². The largest absolute Gasteiger partial charge is 0.417 e. The molecule has 2 amide bonds. The van der Waals surface area contributed by atoms with Crippen molar-refractivity contribution in [2.45, 2.75) is 25.6 Å². The SMILES string of the molecule is CC1CC(CN)CN1C(=O)CNC(=O)c1ccccc1C(F)(F)F. The molecule has 1 aromatic carbocycles. The van der Waals surface area contributed by atoms with E-state index < -0.39 is 23.2 Å². The van der Waals surface area contributed by atoms with Crippen molar-refractivity contribution in [1.29, 1.82) is 0 Å². The molecule has 2 rings (SSSR count). The first-order valence-corrected chi connectivity index (χ1v) is 7.68. The summed E-state index contributed by atoms with van der Waals surface area (Å²) in [7, 11) is 0. The van der Waals surface area contributed by atoms with E-state index in [4.69, 9.17) is 5.73 Å². The number of carbonyl (C=O) groups is 2. The van der Waals surface area contributed by atoms with Gasteiger partial charge in [-0.3, -0.25) is 9.59 Å². The molecule has 0 aromatic heterocycles. The minimum atomic E-state index is -4.63. The Balaban J connectivity index is 2.00. The summed E-state index contributed by atoms with van der Waals surface area (Å²) in [5.41, 5.74) is 4.09. The molecule has 132 valence electrons. The maximum atomic E-state index is 12.9. The van der Waals surface area contributed by atoms with Crippen LogP contribution in [0.25, 0.3) is 0 Å². The molecule has 1 aliphatic heterocycles. The van der Waals surface area contributed by atoms with E-state index in [-0.39, 0.29) is 24.4 Å². The molecule has 0 bridgehead atoms. The number of carbonyl (C=O) groups excluding carboxylic acids is 2. The lowest BCUT2D eigenvalue weighted by molar-refractivity contribution is -0.137. The van der Waals surface area contributed by atoms with Gasteiger partial charge in [-0.05, 0) is 37.9 Å². The summed E-state index contributed by atoms with van der Waals surface area (Å²) in [5.74, 6) is -1.03. The van der Waals surface area contributed by atoms with Gasteiger partial charge in [0.25, 0.3) is 5.91 Å². The Morgan fingerprint density at radius 2 is 2.00 bits per heavy atom. The number of hydrogen-bond acceptors (Lipinski definition) is 3. The molecule has 1 aromatic rings. The third-order valence-electron chi connectivity index (χ3n) is 4.19. The Labute approximate surface area is 138 Å². The fourth-order valence-electron chi connectivity index (χ4n) is 2.94. The molecule has 5 nitrogen and oxygen atoms in total. The van der Waals surface area contributed by atoms with E-state index >= 15 is 0 Å². The van der Waals surface area contributed by atoms with Crippen LogP contribution >= 0.6 is 0 Å². The van der Waals surface area contributed by atoms with Crippen LogP contribution in [0.15, 0.2) is 24.3 Å². The monoisotopic (exact) mass is 343 g/mol. The Hall–Kier alpha value is -2.09. The van der Waals surface area contributed by atoms with Gasteiger partial charge in [-0.2, -0.15) is 13.2 Å². The smallest absolute Gasteiger partial charge is 0.343 e. The molecule has 3 N–H and O–H groups in total. The van der Waals surface area contributed by atoms with E-state index in [0.717, 1.165) is 18.6 Å². The topological polar surface area (TPSA) is 75.4 Å². The third-order valence-corrected chi connectivity index (χ3v) is 4.19. The van der Waals surface area contributed by atoms with Crippen LogP contribution in [0.5, 0.6) is 0 Å². The minimum absolute atomic E-state index is 0.00501. The molecule has 1 fully saturated rings. The highest BCUT2D eigenvalue weighted by atomic mass is 19.4. The predicted octanol–water partition coefficient (Wildman–Crippen LogP) is 1.63. The number of nitrogens with one attached hydrogen (secondary N) is 1. The molecule has 2 atom stereocenters. The van der Waals surface area contributed by atoms with Gasteiger partial charge < -0.3 is 16.0 Å². The van der Waals surface area contributed by atoms with Gasteiger partial charge in [0.1, 0.15) is 0 Å². The second-order valence-corrected chi connectivity index (χ2v) is 5.96. The first-order valence-electron chi connectivity index (χ1n) is 7.68. The van der Waals surface area contributed by atoms with Gasteiger partial charge in [0.05, 0.1) is 17.7 Å². The standard InChI is InChI=1S/C16H20F3N3O2/c1-10-6-11(7-20)9-22(10)14(23)8-21-15(24)12-4-2-3-5-13(12)16(17,18)19/h2-5,10-11H,6-9,20H2,1H3,(H,21,24). The van der Waals surface area contributed by atoms with Crippen molar-refractivity contribution >= 4 is 11.8 Å². The van der Waals surface area contributed by atoms with Gasteiger partial charge in [0.2, 0.25) is 5.91 Å². The Morgan fingerprint density at radius 3 is 2.58 bits per heavy atom. The molecule has 1 heterocycles. The van der Waals surface area contributed by atoms with Crippen molar-refractivity contribution in [3.05, 3.63) is 35.4 Å². The number of benzene rings is 1. The van der Waals surface area contributed by atoms with Gasteiger partial charge in [0.15, 0.2) is 0 Å². The summed E-state index contributed by atoms with van der Waals surface area (Å²) in [6.07, 6.45) is -3.84. The third kappa shape index (κ3) is 4.05. The highest BCUT2D eigenvalue weighted by Crippen LogP contribution is 2.31. The normalized spacial score (nSPS) is 21.0. The zero-order valence-corrected chi connectivity index (χ0v) is 13.3. The van der Waals surface area contributed by atoms with Crippen LogP contribution in [0.2, 0.25) is 0 Å². The van der Waals surface area contributed by atoms with E-state index in [9.17, 15) is 22.8 Å². The summed E-state index contributed by atoms with van der Waals surface area (Å²) in [4.78, 5) is 25.8. The number of alkyl halides is 3. The minimum Gasteiger partial charge on any atom is -0.343 e. The van der Waals surface area contributed by atoms with Crippen molar-refractivity contribution in [3.63, 3.8) is 0 Å². The molecule has 8 heteroatoms. The Morgan fingerprint density at radius 1 is 1.33 bits per heavy atom. The second kappa shape index (κ2) is 7.21. The summed E-state index contributed by atoms with van der Waals surface area (Å²) in [5, 5.41) is 2.28. The Kier molecular flexibility index (Phi) is 5.48. The van der Waals surface area contributed by atoms with E-state index in [1.165, 1.54) is 12.1 Å². The van der Waals surface area contributed by atoms with Gasteiger partial charge in [-0.15, -0.1) is 0 Å². The van der Waals surface area contributed by atoms with Crippen LogP contribution < -0.4 is 11.1 Å². The van der Waals surface area contributed by atoms with Crippen molar-refractivity contribution in [2.24, 2.45) is 11.7 Å². The lowest BCUT2D eigenvalue weighted by atomic mass is 10.1. The van der Waals surface area contributed by atoms with Crippen molar-refractivity contribution < 1.29 is 22.8 Å². The Bertz CT molecular complexity index is 619. The van der Waals surface area contributed by atoms with Crippen LogP contribution in [0, 0.1) is 5.92 Å². The number of rotatable bonds is 4. The molecule has 0 spiro atoms. The first-order chi connectivity index (χ1) is 11.2. The molecular weight excluding hydrogens is 323 g/mol. The van der Waals surface area contributed by atoms with Crippen LogP contribution in [-0.2, 0) is 11.0 Å². The molecule has 1 saturated heterocycles. The lowest BCUT2D eigenvalue weighted by Crippen LogP contribution is -2.42. The zero-order chi connectivity index (χ0) is 17.9. The van der Waals surface area contributed by atoms with Crippen molar-refractivity contribution in [2.75, 3.05) is 19.6 Å². The van der Waals surface area contributed by atoms with Gasteiger partial charge in [0, 0.05) is 12.6 Å². The number of nitrogens with two attached hydrogens (primary N) is 1. The van der Waals surface area contributed by atoms with Gasteiger partial charge in [-0.1, -0.05) is 12.1 Å².